The lowest BCUT2D eigenvalue weighted by atomic mass is 9.97. The predicted octanol–water partition coefficient (Wildman–Crippen LogP) is 1.69. The summed E-state index contributed by atoms with van der Waals surface area (Å²) in [5, 5.41) is 2.89. The maximum absolute atomic E-state index is 12.6. The van der Waals surface area contributed by atoms with E-state index in [2.05, 4.69) is 5.32 Å². The van der Waals surface area contributed by atoms with Crippen molar-refractivity contribution in [3.05, 3.63) is 0 Å². The molecule has 1 heterocycles. The number of hydrogen-bond acceptors (Lipinski definition) is 2. The number of hydrogen-bond donors (Lipinski definition) is 1. The van der Waals surface area contributed by atoms with Crippen LogP contribution < -0.4 is 5.32 Å². The molecule has 0 aromatic carbocycles. The molecule has 1 aliphatic heterocycles. The van der Waals surface area contributed by atoms with Gasteiger partial charge >= 0.3 is 0 Å². The summed E-state index contributed by atoms with van der Waals surface area (Å²) in [4.78, 5) is 26.3. The van der Waals surface area contributed by atoms with Gasteiger partial charge in [0, 0.05) is 19.0 Å². The molecule has 1 saturated heterocycles. The lowest BCUT2D eigenvalue weighted by Crippen LogP contribution is -2.55. The average molecular weight is 252 g/mol. The molecule has 1 aliphatic carbocycles. The van der Waals surface area contributed by atoms with Gasteiger partial charge in [0.2, 0.25) is 11.8 Å². The summed E-state index contributed by atoms with van der Waals surface area (Å²) in [5.41, 5.74) is -0.717. The fourth-order valence-electron chi connectivity index (χ4n) is 2.60. The smallest absolute Gasteiger partial charge is 0.248 e. The second kappa shape index (κ2) is 4.90. The molecule has 2 fully saturated rings. The van der Waals surface area contributed by atoms with Gasteiger partial charge < -0.3 is 10.2 Å². The molecule has 2 atom stereocenters. The Morgan fingerprint density at radius 3 is 2.61 bits per heavy atom. The lowest BCUT2D eigenvalue weighted by Gasteiger charge is -2.33. The van der Waals surface area contributed by atoms with Gasteiger partial charge in [-0.25, -0.2) is 0 Å². The molecule has 0 radical (unpaired) electrons. The minimum atomic E-state index is -0.717. The Balaban J connectivity index is 2.12. The number of rotatable bonds is 4. The van der Waals surface area contributed by atoms with Crippen molar-refractivity contribution in [2.24, 2.45) is 5.92 Å². The molecule has 2 aliphatic rings. The van der Waals surface area contributed by atoms with Gasteiger partial charge in [0.15, 0.2) is 0 Å². The summed E-state index contributed by atoms with van der Waals surface area (Å²) >= 11 is 0. The van der Waals surface area contributed by atoms with Gasteiger partial charge in [0.25, 0.3) is 0 Å². The molecule has 0 bridgehead atoms. The highest BCUT2D eigenvalue weighted by atomic mass is 16.2. The molecule has 0 aromatic heterocycles. The van der Waals surface area contributed by atoms with E-state index in [4.69, 9.17) is 0 Å². The van der Waals surface area contributed by atoms with Crippen molar-refractivity contribution in [1.29, 1.82) is 0 Å². The van der Waals surface area contributed by atoms with Gasteiger partial charge in [-0.1, -0.05) is 19.8 Å². The monoisotopic (exact) mass is 252 g/mol. The zero-order chi connectivity index (χ0) is 13.3. The SMILES string of the molecule is CCC1(C)NC(=O)CC(C)N(CCC2CC2)C1=O. The summed E-state index contributed by atoms with van der Waals surface area (Å²) < 4.78 is 0. The van der Waals surface area contributed by atoms with E-state index in [-0.39, 0.29) is 17.9 Å². The van der Waals surface area contributed by atoms with Crippen LogP contribution in [-0.4, -0.2) is 34.8 Å². The molecule has 2 unspecified atom stereocenters. The predicted molar refractivity (Wildman–Crippen MR) is 70.0 cm³/mol. The van der Waals surface area contributed by atoms with Crippen molar-refractivity contribution in [3.8, 4) is 0 Å². The molecule has 2 amide bonds. The minimum absolute atomic E-state index is 0.00544. The summed E-state index contributed by atoms with van der Waals surface area (Å²) in [6.07, 6.45) is 4.76. The van der Waals surface area contributed by atoms with E-state index in [0.717, 1.165) is 18.9 Å². The van der Waals surface area contributed by atoms with Crippen LogP contribution in [0.5, 0.6) is 0 Å². The van der Waals surface area contributed by atoms with Gasteiger partial charge in [-0.3, -0.25) is 9.59 Å². The second-order valence-corrected chi connectivity index (χ2v) is 6.02. The zero-order valence-electron chi connectivity index (χ0n) is 11.7. The van der Waals surface area contributed by atoms with E-state index >= 15 is 0 Å². The average Bonchev–Trinajstić information content (AvgIpc) is 3.11. The van der Waals surface area contributed by atoms with Crippen molar-refractivity contribution >= 4 is 11.8 Å². The third kappa shape index (κ3) is 2.68. The zero-order valence-corrected chi connectivity index (χ0v) is 11.7. The Morgan fingerprint density at radius 1 is 1.39 bits per heavy atom. The molecular weight excluding hydrogens is 228 g/mol. The summed E-state index contributed by atoms with van der Waals surface area (Å²) in [5.74, 6) is 0.892. The molecule has 1 N–H and O–H groups in total. The van der Waals surface area contributed by atoms with Crippen LogP contribution in [0, 0.1) is 5.92 Å². The molecule has 0 spiro atoms. The fraction of sp³-hybridized carbons (Fsp3) is 0.857. The number of amides is 2. The molecule has 1 saturated carbocycles. The maximum Gasteiger partial charge on any atom is 0.248 e. The highest BCUT2D eigenvalue weighted by Gasteiger charge is 2.41. The van der Waals surface area contributed by atoms with Crippen molar-refractivity contribution in [1.82, 2.24) is 10.2 Å². The topological polar surface area (TPSA) is 49.4 Å². The van der Waals surface area contributed by atoms with E-state index in [1.54, 1.807) is 0 Å². The van der Waals surface area contributed by atoms with Crippen LogP contribution in [0.4, 0.5) is 0 Å². The van der Waals surface area contributed by atoms with Gasteiger partial charge in [-0.05, 0) is 32.6 Å². The van der Waals surface area contributed by atoms with Gasteiger partial charge in [0.05, 0.1) is 0 Å². The highest BCUT2D eigenvalue weighted by Crippen LogP contribution is 2.33. The lowest BCUT2D eigenvalue weighted by molar-refractivity contribution is -0.139. The number of nitrogens with one attached hydrogen (secondary N) is 1. The first-order valence-electron chi connectivity index (χ1n) is 7.08. The van der Waals surface area contributed by atoms with Crippen LogP contribution in [0.1, 0.15) is 52.9 Å². The Labute approximate surface area is 109 Å². The number of carbonyl (C=O) groups excluding carboxylic acids is 2. The summed E-state index contributed by atoms with van der Waals surface area (Å²) in [7, 11) is 0. The molecule has 4 nitrogen and oxygen atoms in total. The van der Waals surface area contributed by atoms with Crippen LogP contribution in [0.3, 0.4) is 0 Å². The molecule has 18 heavy (non-hydrogen) atoms. The maximum atomic E-state index is 12.6. The van der Waals surface area contributed by atoms with Crippen molar-refractivity contribution < 1.29 is 9.59 Å². The van der Waals surface area contributed by atoms with Crippen molar-refractivity contribution in [2.45, 2.75) is 64.5 Å². The van der Waals surface area contributed by atoms with E-state index in [0.29, 0.717) is 12.8 Å². The van der Waals surface area contributed by atoms with Crippen molar-refractivity contribution in [3.63, 3.8) is 0 Å². The Kier molecular flexibility index (Phi) is 3.64. The fourth-order valence-corrected chi connectivity index (χ4v) is 2.60. The third-order valence-corrected chi connectivity index (χ3v) is 4.34. The van der Waals surface area contributed by atoms with E-state index in [1.165, 1.54) is 12.8 Å². The van der Waals surface area contributed by atoms with E-state index < -0.39 is 5.54 Å². The van der Waals surface area contributed by atoms with Crippen LogP contribution in [0.2, 0.25) is 0 Å². The van der Waals surface area contributed by atoms with Crippen LogP contribution in [-0.2, 0) is 9.59 Å². The Bertz CT molecular complexity index is 352. The standard InChI is InChI=1S/C14H24N2O2/c1-4-14(3)13(18)16(8-7-11-5-6-11)10(2)9-12(17)15-14/h10-11H,4-9H2,1-3H3,(H,15,17). The van der Waals surface area contributed by atoms with Crippen molar-refractivity contribution in [2.75, 3.05) is 6.54 Å². The molecular formula is C14H24N2O2. The summed E-state index contributed by atoms with van der Waals surface area (Å²) in [6, 6.07) is 0.0182. The van der Waals surface area contributed by atoms with E-state index in [1.807, 2.05) is 25.7 Å². The minimum Gasteiger partial charge on any atom is -0.342 e. The quantitative estimate of drug-likeness (QED) is 0.827. The largest absolute Gasteiger partial charge is 0.342 e. The highest BCUT2D eigenvalue weighted by molar-refractivity contribution is 5.93. The van der Waals surface area contributed by atoms with Crippen LogP contribution in [0.25, 0.3) is 0 Å². The van der Waals surface area contributed by atoms with E-state index in [9.17, 15) is 9.59 Å². The molecule has 2 rings (SSSR count). The molecule has 102 valence electrons. The first-order valence-corrected chi connectivity index (χ1v) is 7.08. The second-order valence-electron chi connectivity index (χ2n) is 6.02. The molecule has 4 heteroatoms. The normalized spacial score (nSPS) is 33.3. The van der Waals surface area contributed by atoms with Crippen LogP contribution >= 0.6 is 0 Å². The Morgan fingerprint density at radius 2 is 2.06 bits per heavy atom. The number of carbonyl (C=O) groups is 2. The molecule has 0 aromatic rings. The first-order chi connectivity index (χ1) is 8.46. The van der Waals surface area contributed by atoms with Gasteiger partial charge in [0.1, 0.15) is 5.54 Å². The first kappa shape index (κ1) is 13.4. The third-order valence-electron chi connectivity index (χ3n) is 4.34. The van der Waals surface area contributed by atoms with Gasteiger partial charge in [-0.15, -0.1) is 0 Å². The van der Waals surface area contributed by atoms with Gasteiger partial charge in [-0.2, -0.15) is 0 Å². The number of nitrogens with zero attached hydrogens (tertiary/aromatic N) is 1. The van der Waals surface area contributed by atoms with Crippen LogP contribution in [0.15, 0.2) is 0 Å². The Hall–Kier alpha value is -1.06. The summed E-state index contributed by atoms with van der Waals surface area (Å²) in [6.45, 7) is 6.57.